The Hall–Kier alpha value is -2.86. The van der Waals surface area contributed by atoms with Crippen LogP contribution in [0.3, 0.4) is 0 Å². The minimum absolute atomic E-state index is 0.365. The number of carbonyl (C=O) groups excluding carboxylic acids is 2. The van der Waals surface area contributed by atoms with Crippen molar-refractivity contribution in [2.75, 3.05) is 0 Å². The first-order valence-corrected chi connectivity index (χ1v) is 5.77. The van der Waals surface area contributed by atoms with Crippen molar-refractivity contribution < 1.29 is 9.59 Å². The standard InChI is InChI=1S/C16H9NO2/c1-2-17-15(18)13-10-6-9-12(14(13)16(17)19)11-7-4-3-5-8-11/h1,3-10H. The smallest absolute Gasteiger partial charge is 0.267 e. The summed E-state index contributed by atoms with van der Waals surface area (Å²) in [6.07, 6.45) is 5.22. The number of benzene rings is 2. The molecule has 0 N–H and O–H groups in total. The normalized spacial score (nSPS) is 13.3. The molecule has 19 heavy (non-hydrogen) atoms. The van der Waals surface area contributed by atoms with E-state index in [1.165, 1.54) is 0 Å². The summed E-state index contributed by atoms with van der Waals surface area (Å²) in [7, 11) is 0. The number of amides is 2. The molecule has 2 aromatic rings. The van der Waals surface area contributed by atoms with Gasteiger partial charge in [0, 0.05) is 6.04 Å². The summed E-state index contributed by atoms with van der Waals surface area (Å²) in [4.78, 5) is 25.0. The second-order valence-corrected chi connectivity index (χ2v) is 4.17. The second kappa shape index (κ2) is 4.11. The Labute approximate surface area is 110 Å². The van der Waals surface area contributed by atoms with Crippen LogP contribution >= 0.6 is 0 Å². The highest BCUT2D eigenvalue weighted by Crippen LogP contribution is 2.32. The fourth-order valence-electron chi connectivity index (χ4n) is 2.26. The molecule has 2 amide bonds. The summed E-state index contributed by atoms with van der Waals surface area (Å²) >= 11 is 0. The highest BCUT2D eigenvalue weighted by molar-refractivity contribution is 6.25. The molecule has 3 heteroatoms. The minimum atomic E-state index is -0.430. The Morgan fingerprint density at radius 1 is 0.842 bits per heavy atom. The molecule has 3 rings (SSSR count). The van der Waals surface area contributed by atoms with E-state index in [-0.39, 0.29) is 0 Å². The average molecular weight is 247 g/mol. The van der Waals surface area contributed by atoms with Crippen molar-refractivity contribution in [1.29, 1.82) is 0 Å². The van der Waals surface area contributed by atoms with E-state index in [1.54, 1.807) is 12.1 Å². The van der Waals surface area contributed by atoms with E-state index in [4.69, 9.17) is 6.42 Å². The van der Waals surface area contributed by atoms with Crippen molar-refractivity contribution in [3.63, 3.8) is 0 Å². The van der Waals surface area contributed by atoms with Crippen molar-refractivity contribution in [2.24, 2.45) is 0 Å². The van der Waals surface area contributed by atoms with Crippen LogP contribution in [-0.4, -0.2) is 16.7 Å². The molecule has 0 spiro atoms. The van der Waals surface area contributed by atoms with Gasteiger partial charge in [-0.05, 0) is 17.2 Å². The molecule has 0 bridgehead atoms. The van der Waals surface area contributed by atoms with Crippen LogP contribution in [0.15, 0.2) is 48.5 Å². The van der Waals surface area contributed by atoms with Crippen LogP contribution in [-0.2, 0) is 0 Å². The Morgan fingerprint density at radius 2 is 1.53 bits per heavy atom. The van der Waals surface area contributed by atoms with Gasteiger partial charge < -0.3 is 0 Å². The lowest BCUT2D eigenvalue weighted by atomic mass is 9.97. The van der Waals surface area contributed by atoms with E-state index in [0.29, 0.717) is 11.1 Å². The number of terminal acetylenes is 1. The molecule has 2 aromatic carbocycles. The fraction of sp³-hybridized carbons (Fsp3) is 0. The minimum Gasteiger partial charge on any atom is -0.267 e. The summed E-state index contributed by atoms with van der Waals surface area (Å²) in [6.45, 7) is 0. The van der Waals surface area contributed by atoms with Crippen molar-refractivity contribution in [1.82, 2.24) is 4.90 Å². The molecule has 90 valence electrons. The zero-order valence-electron chi connectivity index (χ0n) is 9.96. The summed E-state index contributed by atoms with van der Waals surface area (Å²) in [5, 5.41) is 0. The van der Waals surface area contributed by atoms with Crippen LogP contribution in [0.4, 0.5) is 0 Å². The predicted octanol–water partition coefficient (Wildman–Crippen LogP) is 2.54. The maximum Gasteiger partial charge on any atom is 0.274 e. The van der Waals surface area contributed by atoms with Crippen LogP contribution in [0.1, 0.15) is 20.7 Å². The Morgan fingerprint density at radius 3 is 2.21 bits per heavy atom. The van der Waals surface area contributed by atoms with Crippen molar-refractivity contribution in [3.05, 3.63) is 59.7 Å². The third kappa shape index (κ3) is 1.54. The number of carbonyl (C=O) groups is 2. The van der Waals surface area contributed by atoms with E-state index >= 15 is 0 Å². The molecule has 3 nitrogen and oxygen atoms in total. The SMILES string of the molecule is C#CN1C(=O)c2cccc(-c3ccccc3)c2C1=O. The van der Waals surface area contributed by atoms with Gasteiger partial charge in [-0.15, -0.1) is 0 Å². The molecular formula is C16H9NO2. The largest absolute Gasteiger partial charge is 0.274 e. The quantitative estimate of drug-likeness (QED) is 0.573. The first-order valence-electron chi connectivity index (χ1n) is 5.77. The molecule has 1 aliphatic rings. The highest BCUT2D eigenvalue weighted by Gasteiger charge is 2.36. The topological polar surface area (TPSA) is 37.4 Å². The van der Waals surface area contributed by atoms with E-state index in [1.807, 2.05) is 36.4 Å². The second-order valence-electron chi connectivity index (χ2n) is 4.17. The van der Waals surface area contributed by atoms with Gasteiger partial charge in [-0.1, -0.05) is 48.9 Å². The molecule has 0 aliphatic carbocycles. The predicted molar refractivity (Wildman–Crippen MR) is 71.2 cm³/mol. The molecule has 0 atom stereocenters. The third-order valence-corrected chi connectivity index (χ3v) is 3.13. The first kappa shape index (κ1) is 11.2. The highest BCUT2D eigenvalue weighted by atomic mass is 16.2. The zero-order chi connectivity index (χ0) is 13.4. The van der Waals surface area contributed by atoms with Crippen LogP contribution in [0, 0.1) is 12.5 Å². The maximum atomic E-state index is 12.2. The van der Waals surface area contributed by atoms with Gasteiger partial charge in [-0.25, -0.2) is 0 Å². The Bertz CT molecular complexity index is 726. The van der Waals surface area contributed by atoms with Crippen LogP contribution in [0.2, 0.25) is 0 Å². The molecular weight excluding hydrogens is 238 g/mol. The van der Waals surface area contributed by atoms with Gasteiger partial charge in [0.1, 0.15) is 0 Å². The molecule has 1 heterocycles. The lowest BCUT2D eigenvalue weighted by Crippen LogP contribution is -2.23. The first-order chi connectivity index (χ1) is 9.24. The van der Waals surface area contributed by atoms with Gasteiger partial charge in [0.25, 0.3) is 11.8 Å². The number of nitrogens with zero attached hydrogens (tertiary/aromatic N) is 1. The molecule has 0 saturated heterocycles. The van der Waals surface area contributed by atoms with Crippen molar-refractivity contribution >= 4 is 11.8 Å². The zero-order valence-corrected chi connectivity index (χ0v) is 9.96. The van der Waals surface area contributed by atoms with Crippen LogP contribution < -0.4 is 0 Å². The number of hydrogen-bond donors (Lipinski definition) is 0. The molecule has 0 saturated carbocycles. The molecule has 0 aromatic heterocycles. The van der Waals surface area contributed by atoms with Crippen LogP contribution in [0.5, 0.6) is 0 Å². The maximum absolute atomic E-state index is 12.2. The molecule has 0 radical (unpaired) electrons. The van der Waals surface area contributed by atoms with E-state index in [9.17, 15) is 9.59 Å². The summed E-state index contributed by atoms with van der Waals surface area (Å²) < 4.78 is 0. The van der Waals surface area contributed by atoms with Gasteiger partial charge in [0.05, 0.1) is 11.1 Å². The van der Waals surface area contributed by atoms with Gasteiger partial charge in [0.15, 0.2) is 0 Å². The number of hydrogen-bond acceptors (Lipinski definition) is 2. The number of rotatable bonds is 1. The van der Waals surface area contributed by atoms with Gasteiger partial charge in [0.2, 0.25) is 0 Å². The lowest BCUT2D eigenvalue weighted by molar-refractivity contribution is 0.0735. The fourth-order valence-corrected chi connectivity index (χ4v) is 2.26. The van der Waals surface area contributed by atoms with Crippen molar-refractivity contribution in [3.8, 4) is 23.6 Å². The monoisotopic (exact) mass is 247 g/mol. The van der Waals surface area contributed by atoms with Gasteiger partial charge >= 0.3 is 0 Å². The Kier molecular flexibility index (Phi) is 2.43. The van der Waals surface area contributed by atoms with Gasteiger partial charge in [-0.2, -0.15) is 4.90 Å². The molecule has 0 unspecified atom stereocenters. The number of fused-ring (bicyclic) bond motifs is 1. The summed E-state index contributed by atoms with van der Waals surface area (Å²) in [6, 6.07) is 16.8. The lowest BCUT2D eigenvalue weighted by Gasteiger charge is -2.06. The van der Waals surface area contributed by atoms with Gasteiger partial charge in [-0.3, -0.25) is 9.59 Å². The van der Waals surface area contributed by atoms with Crippen LogP contribution in [0.25, 0.3) is 11.1 Å². The van der Waals surface area contributed by atoms with E-state index in [0.717, 1.165) is 16.0 Å². The third-order valence-electron chi connectivity index (χ3n) is 3.13. The number of imide groups is 1. The van der Waals surface area contributed by atoms with Crippen molar-refractivity contribution in [2.45, 2.75) is 0 Å². The summed E-state index contributed by atoms with van der Waals surface area (Å²) in [5.41, 5.74) is 2.37. The van der Waals surface area contributed by atoms with E-state index in [2.05, 4.69) is 6.04 Å². The average Bonchev–Trinajstić information content (AvgIpc) is 2.71. The Balaban J connectivity index is 2.26. The molecule has 1 aliphatic heterocycles. The van der Waals surface area contributed by atoms with E-state index < -0.39 is 11.8 Å². The summed E-state index contributed by atoms with van der Waals surface area (Å²) in [5.74, 6) is -0.859. The molecule has 0 fully saturated rings.